The number of carbonyl (C=O) groups excluding carboxylic acids is 2. The van der Waals surface area contributed by atoms with Gasteiger partial charge in [0.1, 0.15) is 11.3 Å². The first-order valence-electron chi connectivity index (χ1n) is 11.8. The molecule has 2 heterocycles. The normalized spacial score (nSPS) is 11.0. The predicted octanol–water partition coefficient (Wildman–Crippen LogP) is 7.73. The van der Waals surface area contributed by atoms with Crippen molar-refractivity contribution >= 4 is 67.6 Å². The van der Waals surface area contributed by atoms with Gasteiger partial charge in [0.05, 0.1) is 28.5 Å². The largest absolute Gasteiger partial charge is 0.496 e. The Morgan fingerprint density at radius 1 is 1.10 bits per heavy atom. The van der Waals surface area contributed by atoms with Crippen molar-refractivity contribution in [2.24, 2.45) is 0 Å². The third kappa shape index (κ3) is 5.71. The molecule has 3 aromatic carbocycles. The first kappa shape index (κ1) is 26.9. The first-order chi connectivity index (χ1) is 18.9. The van der Waals surface area contributed by atoms with Crippen LogP contribution in [0, 0.1) is 6.92 Å². The summed E-state index contributed by atoms with van der Waals surface area (Å²) in [5.74, 6) is 0.211. The number of rotatable bonds is 8. The fraction of sp³-hybridized carbons (Fsp3) is 0.103. The zero-order valence-corrected chi connectivity index (χ0v) is 24.0. The van der Waals surface area contributed by atoms with E-state index in [1.807, 2.05) is 31.2 Å². The van der Waals surface area contributed by atoms with Gasteiger partial charge in [-0.25, -0.2) is 9.97 Å². The maximum atomic E-state index is 13.5. The van der Waals surface area contributed by atoms with Crippen LogP contribution in [0.25, 0.3) is 11.0 Å². The van der Waals surface area contributed by atoms with E-state index in [-0.39, 0.29) is 22.2 Å². The Bertz CT molecular complexity index is 1720. The van der Waals surface area contributed by atoms with Gasteiger partial charge < -0.3 is 14.5 Å². The number of nitrogens with one attached hydrogen (secondary N) is 1. The summed E-state index contributed by atoms with van der Waals surface area (Å²) in [6, 6.07) is 20.0. The Balaban J connectivity index is 1.45. The Morgan fingerprint density at radius 3 is 2.64 bits per heavy atom. The van der Waals surface area contributed by atoms with Crippen LogP contribution >= 0.6 is 39.3 Å². The SMILES string of the molecule is COc1ccc(C(=O)c2oc3ccccc3c2NC(=O)c2nc(SCc3ccccc3C)ncc2Cl)cc1Br. The van der Waals surface area contributed by atoms with Gasteiger partial charge in [0.25, 0.3) is 5.91 Å². The van der Waals surface area contributed by atoms with Crippen molar-refractivity contribution in [3.63, 3.8) is 0 Å². The molecule has 1 N–H and O–H groups in total. The molecule has 10 heteroatoms. The third-order valence-corrected chi connectivity index (χ3v) is 7.82. The third-order valence-electron chi connectivity index (χ3n) is 6.01. The van der Waals surface area contributed by atoms with Crippen LogP contribution in [-0.4, -0.2) is 28.8 Å². The number of thioether (sulfide) groups is 1. The monoisotopic (exact) mass is 621 g/mol. The number of ketones is 1. The summed E-state index contributed by atoms with van der Waals surface area (Å²) in [7, 11) is 1.54. The van der Waals surface area contributed by atoms with Crippen LogP contribution in [0.1, 0.15) is 37.7 Å². The second kappa shape index (κ2) is 11.6. The van der Waals surface area contributed by atoms with Gasteiger partial charge >= 0.3 is 0 Å². The van der Waals surface area contributed by atoms with Crippen LogP contribution < -0.4 is 10.1 Å². The summed E-state index contributed by atoms with van der Waals surface area (Å²) in [6.45, 7) is 2.04. The van der Waals surface area contributed by atoms with E-state index in [9.17, 15) is 9.59 Å². The quantitative estimate of drug-likeness (QED) is 0.107. The molecule has 196 valence electrons. The molecule has 0 aliphatic carbocycles. The molecule has 7 nitrogen and oxygen atoms in total. The van der Waals surface area contributed by atoms with Crippen LogP contribution in [-0.2, 0) is 5.75 Å². The highest BCUT2D eigenvalue weighted by atomic mass is 79.9. The minimum atomic E-state index is -0.586. The van der Waals surface area contributed by atoms with E-state index in [2.05, 4.69) is 31.2 Å². The number of amides is 1. The van der Waals surface area contributed by atoms with Gasteiger partial charge in [-0.2, -0.15) is 0 Å². The number of anilines is 1. The smallest absolute Gasteiger partial charge is 0.276 e. The molecule has 5 aromatic rings. The maximum absolute atomic E-state index is 13.5. The van der Waals surface area contributed by atoms with E-state index >= 15 is 0 Å². The van der Waals surface area contributed by atoms with Crippen LogP contribution in [0.5, 0.6) is 5.75 Å². The Hall–Kier alpha value is -3.66. The number of carbonyl (C=O) groups is 2. The lowest BCUT2D eigenvalue weighted by Gasteiger charge is -2.09. The van der Waals surface area contributed by atoms with E-state index in [1.54, 1.807) is 49.6 Å². The van der Waals surface area contributed by atoms with Gasteiger partial charge in [-0.3, -0.25) is 9.59 Å². The fourth-order valence-electron chi connectivity index (χ4n) is 3.93. The number of halogens is 2. The number of ether oxygens (including phenoxy) is 1. The molecule has 0 spiro atoms. The highest BCUT2D eigenvalue weighted by Gasteiger charge is 2.26. The van der Waals surface area contributed by atoms with Crippen molar-refractivity contribution in [2.45, 2.75) is 17.8 Å². The minimum absolute atomic E-state index is 0.00479. The standard InChI is InChI=1S/C29H21BrClN3O4S/c1-16-7-3-4-8-18(16)15-39-29-32-14-21(31)25(34-29)28(36)33-24-19-9-5-6-10-22(19)38-27(24)26(35)17-11-12-23(37-2)20(30)13-17/h3-14H,15H2,1-2H3,(H,33,36). The van der Waals surface area contributed by atoms with Gasteiger partial charge in [0.15, 0.2) is 16.6 Å². The lowest BCUT2D eigenvalue weighted by Crippen LogP contribution is -2.17. The molecule has 0 bridgehead atoms. The zero-order chi connectivity index (χ0) is 27.5. The molecule has 0 aliphatic rings. The van der Waals surface area contributed by atoms with E-state index in [1.165, 1.54) is 18.0 Å². The number of nitrogens with zero attached hydrogens (tertiary/aromatic N) is 2. The second-order valence-corrected chi connectivity index (χ2v) is 10.7. The van der Waals surface area contributed by atoms with Crippen molar-refractivity contribution in [3.05, 3.63) is 111 Å². The molecular formula is C29H21BrClN3O4S. The summed E-state index contributed by atoms with van der Waals surface area (Å²) in [6.07, 6.45) is 1.40. The van der Waals surface area contributed by atoms with Crippen molar-refractivity contribution in [1.29, 1.82) is 0 Å². The maximum Gasteiger partial charge on any atom is 0.276 e. The topological polar surface area (TPSA) is 94.3 Å². The van der Waals surface area contributed by atoms with E-state index in [4.69, 9.17) is 20.8 Å². The lowest BCUT2D eigenvalue weighted by molar-refractivity contribution is 0.101. The molecule has 0 saturated heterocycles. The lowest BCUT2D eigenvalue weighted by atomic mass is 10.1. The molecule has 0 atom stereocenters. The Kier molecular flexibility index (Phi) is 8.02. The minimum Gasteiger partial charge on any atom is -0.496 e. The number of hydrogen-bond acceptors (Lipinski definition) is 7. The van der Waals surface area contributed by atoms with E-state index in [0.717, 1.165) is 11.1 Å². The van der Waals surface area contributed by atoms with Gasteiger partial charge in [-0.15, -0.1) is 0 Å². The average molecular weight is 623 g/mol. The molecule has 1 amide bonds. The first-order valence-corrected chi connectivity index (χ1v) is 13.9. The van der Waals surface area contributed by atoms with Crippen molar-refractivity contribution in [3.8, 4) is 5.75 Å². The molecule has 0 aliphatic heterocycles. The van der Waals surface area contributed by atoms with Crippen LogP contribution in [0.15, 0.2) is 87.0 Å². The number of para-hydroxylation sites is 1. The summed E-state index contributed by atoms with van der Waals surface area (Å²) in [4.78, 5) is 35.6. The Morgan fingerprint density at radius 2 is 1.87 bits per heavy atom. The molecule has 2 aromatic heterocycles. The number of methoxy groups -OCH3 is 1. The van der Waals surface area contributed by atoms with Crippen molar-refractivity contribution in [1.82, 2.24) is 9.97 Å². The highest BCUT2D eigenvalue weighted by Crippen LogP contribution is 2.35. The number of furan rings is 1. The number of aromatic nitrogens is 2. The van der Waals surface area contributed by atoms with Crippen molar-refractivity contribution < 1.29 is 18.7 Å². The zero-order valence-electron chi connectivity index (χ0n) is 20.8. The molecule has 0 unspecified atom stereocenters. The fourth-order valence-corrected chi connectivity index (χ4v) is 5.54. The van der Waals surface area contributed by atoms with Gasteiger partial charge in [-0.1, -0.05) is 59.8 Å². The molecule has 5 rings (SSSR count). The number of fused-ring (bicyclic) bond motifs is 1. The van der Waals surface area contributed by atoms with Crippen LogP contribution in [0.2, 0.25) is 5.02 Å². The summed E-state index contributed by atoms with van der Waals surface area (Å²) in [5, 5.41) is 3.88. The number of hydrogen-bond donors (Lipinski definition) is 1. The highest BCUT2D eigenvalue weighted by molar-refractivity contribution is 9.10. The summed E-state index contributed by atoms with van der Waals surface area (Å²) in [5.41, 5.74) is 3.33. The molecular weight excluding hydrogens is 602 g/mol. The predicted molar refractivity (Wildman–Crippen MR) is 156 cm³/mol. The number of aryl methyl sites for hydroxylation is 1. The van der Waals surface area contributed by atoms with Crippen LogP contribution in [0.3, 0.4) is 0 Å². The molecule has 0 saturated carbocycles. The second-order valence-electron chi connectivity index (χ2n) is 8.50. The number of benzene rings is 3. The van der Waals surface area contributed by atoms with Gasteiger partial charge in [-0.05, 0) is 64.3 Å². The van der Waals surface area contributed by atoms with Gasteiger partial charge in [0, 0.05) is 16.7 Å². The molecule has 39 heavy (non-hydrogen) atoms. The van der Waals surface area contributed by atoms with E-state index in [0.29, 0.717) is 37.7 Å². The molecule has 0 radical (unpaired) electrons. The van der Waals surface area contributed by atoms with E-state index < -0.39 is 11.7 Å². The summed E-state index contributed by atoms with van der Waals surface area (Å²) >= 11 is 11.1. The summed E-state index contributed by atoms with van der Waals surface area (Å²) < 4.78 is 11.8. The van der Waals surface area contributed by atoms with Crippen LogP contribution in [0.4, 0.5) is 5.69 Å². The Labute approximate surface area is 242 Å². The van der Waals surface area contributed by atoms with Crippen molar-refractivity contribution in [2.75, 3.05) is 12.4 Å². The van der Waals surface area contributed by atoms with Gasteiger partial charge in [0.2, 0.25) is 5.78 Å². The average Bonchev–Trinajstić information content (AvgIpc) is 3.31. The molecule has 0 fully saturated rings.